The van der Waals surface area contributed by atoms with Gasteiger partial charge in [0.05, 0.1) is 10.1 Å². The molecule has 0 saturated carbocycles. The van der Waals surface area contributed by atoms with Crippen LogP contribution >= 0.6 is 23.2 Å². The number of aryl methyl sites for hydroxylation is 2. The topological polar surface area (TPSA) is 0 Å². The lowest BCUT2D eigenvalue weighted by Gasteiger charge is -2.05. The van der Waals surface area contributed by atoms with Gasteiger partial charge in [-0.2, -0.15) is 0 Å². The predicted octanol–water partition coefficient (Wildman–Crippen LogP) is 5.61. The molecule has 0 amide bonds. The van der Waals surface area contributed by atoms with E-state index in [-0.39, 0.29) is 0 Å². The Labute approximate surface area is 118 Å². The molecule has 0 radical (unpaired) electrons. The summed E-state index contributed by atoms with van der Waals surface area (Å²) in [7, 11) is 0. The van der Waals surface area contributed by atoms with E-state index in [2.05, 4.69) is 0 Å². The van der Waals surface area contributed by atoms with E-state index in [4.69, 9.17) is 23.2 Å². The van der Waals surface area contributed by atoms with Gasteiger partial charge in [-0.15, -0.1) is 0 Å². The Morgan fingerprint density at radius 3 is 1.17 bits per heavy atom. The van der Waals surface area contributed by atoms with Crippen LogP contribution in [0.2, 0.25) is 0 Å². The van der Waals surface area contributed by atoms with Crippen LogP contribution in [0.1, 0.15) is 22.3 Å². The first-order valence-electron chi connectivity index (χ1n) is 5.77. The molecule has 0 saturated heterocycles. The Bertz CT molecular complexity index is 510. The smallest absolute Gasteiger partial charge is 0.0670 e. The Morgan fingerprint density at radius 1 is 0.611 bits per heavy atom. The van der Waals surface area contributed by atoms with E-state index in [0.717, 1.165) is 11.1 Å². The third-order valence-electron chi connectivity index (χ3n) is 2.80. The Balaban J connectivity index is 2.40. The lowest BCUT2D eigenvalue weighted by molar-refractivity contribution is 1.45. The summed E-state index contributed by atoms with van der Waals surface area (Å²) in [5.74, 6) is 0. The van der Waals surface area contributed by atoms with Crippen molar-refractivity contribution in [2.75, 3.05) is 0 Å². The molecule has 0 aliphatic rings. The third-order valence-corrected chi connectivity index (χ3v) is 3.71. The largest absolute Gasteiger partial charge is 0.0820 e. The summed E-state index contributed by atoms with van der Waals surface area (Å²) in [6.07, 6.45) is 0. The van der Waals surface area contributed by atoms with Gasteiger partial charge in [-0.05, 0) is 25.0 Å². The van der Waals surface area contributed by atoms with Gasteiger partial charge in [-0.1, -0.05) is 82.9 Å². The highest BCUT2D eigenvalue weighted by atomic mass is 35.5. The van der Waals surface area contributed by atoms with Crippen molar-refractivity contribution in [1.29, 1.82) is 0 Å². The molecule has 0 unspecified atom stereocenters. The van der Waals surface area contributed by atoms with Crippen LogP contribution in [0.3, 0.4) is 0 Å². The van der Waals surface area contributed by atoms with Crippen molar-refractivity contribution < 1.29 is 0 Å². The van der Waals surface area contributed by atoms with Crippen LogP contribution in [-0.2, 0) is 0 Å². The molecule has 0 N–H and O–H groups in total. The zero-order valence-corrected chi connectivity index (χ0v) is 11.9. The van der Waals surface area contributed by atoms with Gasteiger partial charge in [0.25, 0.3) is 0 Å². The molecular formula is C16H14Cl2. The fourth-order valence-corrected chi connectivity index (χ4v) is 2.12. The molecule has 0 bridgehead atoms. The second-order valence-corrected chi connectivity index (χ2v) is 5.12. The Morgan fingerprint density at radius 2 is 0.889 bits per heavy atom. The van der Waals surface area contributed by atoms with Crippen molar-refractivity contribution in [3.8, 4) is 0 Å². The lowest BCUT2D eigenvalue weighted by Crippen LogP contribution is -1.84. The molecule has 0 nitrogen and oxygen atoms in total. The van der Waals surface area contributed by atoms with Gasteiger partial charge in [-0.25, -0.2) is 0 Å². The number of halogens is 2. The maximum Gasteiger partial charge on any atom is 0.0670 e. The normalized spacial score (nSPS) is 12.2. The minimum absolute atomic E-state index is 0.584. The number of hydrogen-bond donors (Lipinski definition) is 0. The van der Waals surface area contributed by atoms with Crippen molar-refractivity contribution >= 4 is 33.3 Å². The zero-order valence-electron chi connectivity index (χ0n) is 10.4. The van der Waals surface area contributed by atoms with Crippen LogP contribution in [-0.4, -0.2) is 0 Å². The molecule has 2 rings (SSSR count). The molecule has 0 atom stereocenters. The fraction of sp³-hybridized carbons (Fsp3) is 0.125. The molecular weight excluding hydrogens is 263 g/mol. The van der Waals surface area contributed by atoms with Gasteiger partial charge in [0.1, 0.15) is 0 Å². The third kappa shape index (κ3) is 2.95. The minimum atomic E-state index is 0.584. The molecule has 0 heterocycles. The standard InChI is InChI=1S/C16H14Cl2/c1-11-3-7-13(8-4-11)15(17)16(18)14-9-5-12(2)6-10-14/h3-10H,1-2H3/b16-15+. The average molecular weight is 277 g/mol. The quantitative estimate of drug-likeness (QED) is 0.626. The monoisotopic (exact) mass is 276 g/mol. The highest BCUT2D eigenvalue weighted by Crippen LogP contribution is 2.32. The maximum atomic E-state index is 6.33. The zero-order chi connectivity index (χ0) is 13.1. The molecule has 18 heavy (non-hydrogen) atoms. The highest BCUT2D eigenvalue weighted by Gasteiger charge is 2.07. The van der Waals surface area contributed by atoms with E-state index in [0.29, 0.717) is 10.1 Å². The van der Waals surface area contributed by atoms with E-state index in [9.17, 15) is 0 Å². The van der Waals surface area contributed by atoms with Crippen LogP contribution in [0, 0.1) is 13.8 Å². The Hall–Kier alpha value is -1.24. The van der Waals surface area contributed by atoms with E-state index in [1.54, 1.807) is 0 Å². The number of hydrogen-bond acceptors (Lipinski definition) is 0. The first-order chi connectivity index (χ1) is 8.58. The summed E-state index contributed by atoms with van der Waals surface area (Å²) >= 11 is 12.7. The van der Waals surface area contributed by atoms with Gasteiger partial charge in [0.15, 0.2) is 0 Å². The van der Waals surface area contributed by atoms with Gasteiger partial charge >= 0.3 is 0 Å². The van der Waals surface area contributed by atoms with Crippen LogP contribution in [0.5, 0.6) is 0 Å². The molecule has 2 aromatic rings. The van der Waals surface area contributed by atoms with Gasteiger partial charge in [0.2, 0.25) is 0 Å². The second kappa shape index (κ2) is 5.60. The summed E-state index contributed by atoms with van der Waals surface area (Å²) in [4.78, 5) is 0. The summed E-state index contributed by atoms with van der Waals surface area (Å²) in [5, 5.41) is 1.17. The van der Waals surface area contributed by atoms with Gasteiger partial charge in [-0.3, -0.25) is 0 Å². The van der Waals surface area contributed by atoms with E-state index < -0.39 is 0 Å². The van der Waals surface area contributed by atoms with Gasteiger partial charge < -0.3 is 0 Å². The van der Waals surface area contributed by atoms with E-state index >= 15 is 0 Å². The number of rotatable bonds is 2. The van der Waals surface area contributed by atoms with Crippen molar-refractivity contribution in [2.24, 2.45) is 0 Å². The second-order valence-electron chi connectivity index (χ2n) is 4.36. The summed E-state index contributed by atoms with van der Waals surface area (Å²) in [5.41, 5.74) is 4.28. The van der Waals surface area contributed by atoms with Gasteiger partial charge in [0, 0.05) is 0 Å². The molecule has 0 spiro atoms. The van der Waals surface area contributed by atoms with Crippen LogP contribution in [0.25, 0.3) is 10.1 Å². The Kier molecular flexibility index (Phi) is 4.11. The SMILES string of the molecule is Cc1ccc(/C(Cl)=C(\Cl)c2ccc(C)cc2)cc1. The van der Waals surface area contributed by atoms with Crippen molar-refractivity contribution in [1.82, 2.24) is 0 Å². The summed E-state index contributed by atoms with van der Waals surface area (Å²) in [6, 6.07) is 16.0. The van der Waals surface area contributed by atoms with E-state index in [1.165, 1.54) is 11.1 Å². The molecule has 0 aromatic heterocycles. The molecule has 0 aliphatic carbocycles. The van der Waals surface area contributed by atoms with Crippen molar-refractivity contribution in [2.45, 2.75) is 13.8 Å². The molecule has 92 valence electrons. The fourth-order valence-electron chi connectivity index (χ4n) is 1.65. The minimum Gasteiger partial charge on any atom is -0.0820 e. The lowest BCUT2D eigenvalue weighted by atomic mass is 10.1. The summed E-state index contributed by atoms with van der Waals surface area (Å²) < 4.78 is 0. The predicted molar refractivity (Wildman–Crippen MR) is 80.9 cm³/mol. The van der Waals surface area contributed by atoms with Crippen LogP contribution in [0.15, 0.2) is 48.5 Å². The van der Waals surface area contributed by atoms with Crippen molar-refractivity contribution in [3.63, 3.8) is 0 Å². The average Bonchev–Trinajstić information content (AvgIpc) is 2.39. The maximum absolute atomic E-state index is 6.33. The first-order valence-corrected chi connectivity index (χ1v) is 6.53. The highest BCUT2D eigenvalue weighted by molar-refractivity contribution is 6.65. The summed E-state index contributed by atoms with van der Waals surface area (Å²) in [6.45, 7) is 4.09. The van der Waals surface area contributed by atoms with E-state index in [1.807, 2.05) is 62.4 Å². The van der Waals surface area contributed by atoms with Crippen LogP contribution < -0.4 is 0 Å². The number of benzene rings is 2. The van der Waals surface area contributed by atoms with Crippen molar-refractivity contribution in [3.05, 3.63) is 70.8 Å². The molecule has 0 fully saturated rings. The van der Waals surface area contributed by atoms with Crippen LogP contribution in [0.4, 0.5) is 0 Å². The first kappa shape index (κ1) is 13.2. The molecule has 2 heteroatoms. The molecule has 0 aliphatic heterocycles. The molecule has 2 aromatic carbocycles.